The summed E-state index contributed by atoms with van der Waals surface area (Å²) in [6, 6.07) is 17.4. The Balaban J connectivity index is 1.48. The Labute approximate surface area is 182 Å². The van der Waals surface area contributed by atoms with Crippen LogP contribution in [0.25, 0.3) is 5.65 Å². The molecule has 2 aromatic carbocycles. The van der Waals surface area contributed by atoms with Crippen LogP contribution in [0.5, 0.6) is 5.75 Å². The summed E-state index contributed by atoms with van der Waals surface area (Å²) in [6.07, 6.45) is 4.00. The molecule has 2 aromatic heterocycles. The number of amides is 1. The summed E-state index contributed by atoms with van der Waals surface area (Å²) >= 11 is 0. The van der Waals surface area contributed by atoms with E-state index in [2.05, 4.69) is 30.2 Å². The molecule has 5 heteroatoms. The highest BCUT2D eigenvalue weighted by Gasteiger charge is 2.14. The van der Waals surface area contributed by atoms with Gasteiger partial charge in [-0.3, -0.25) is 4.79 Å². The van der Waals surface area contributed by atoms with Gasteiger partial charge in [0.2, 0.25) is 0 Å². The second-order valence-electron chi connectivity index (χ2n) is 8.17. The van der Waals surface area contributed by atoms with Crippen LogP contribution in [0.4, 0.5) is 5.69 Å². The Morgan fingerprint density at radius 1 is 1.06 bits per heavy atom. The van der Waals surface area contributed by atoms with Gasteiger partial charge in [-0.2, -0.15) is 0 Å². The number of aryl methyl sites for hydroxylation is 2. The zero-order valence-corrected chi connectivity index (χ0v) is 18.3. The van der Waals surface area contributed by atoms with Gasteiger partial charge in [0.15, 0.2) is 0 Å². The van der Waals surface area contributed by atoms with E-state index in [1.54, 1.807) is 12.1 Å². The monoisotopic (exact) mass is 413 g/mol. The van der Waals surface area contributed by atoms with Gasteiger partial charge in [0.1, 0.15) is 18.0 Å². The topological polar surface area (TPSA) is 55.6 Å². The molecule has 0 radical (unpaired) electrons. The number of pyridine rings is 1. The van der Waals surface area contributed by atoms with Crippen LogP contribution >= 0.6 is 0 Å². The van der Waals surface area contributed by atoms with Crippen molar-refractivity contribution in [3.8, 4) is 5.75 Å². The van der Waals surface area contributed by atoms with Crippen LogP contribution in [0.15, 0.2) is 67.0 Å². The summed E-state index contributed by atoms with van der Waals surface area (Å²) in [6.45, 7) is 8.64. The van der Waals surface area contributed by atoms with Gasteiger partial charge in [0.05, 0.1) is 5.69 Å². The van der Waals surface area contributed by atoms with Crippen molar-refractivity contribution in [2.24, 2.45) is 0 Å². The highest BCUT2D eigenvalue weighted by atomic mass is 16.5. The molecular formula is C26H27N3O2. The smallest absolute Gasteiger partial charge is 0.255 e. The fourth-order valence-corrected chi connectivity index (χ4v) is 3.64. The van der Waals surface area contributed by atoms with Crippen molar-refractivity contribution in [2.45, 2.75) is 40.2 Å². The predicted octanol–water partition coefficient (Wildman–Crippen LogP) is 5.91. The lowest BCUT2D eigenvalue weighted by molar-refractivity contribution is 0.102. The van der Waals surface area contributed by atoms with Crippen LogP contribution in [-0.2, 0) is 6.61 Å². The minimum absolute atomic E-state index is 0.148. The number of fused-ring (bicyclic) bond motifs is 1. The van der Waals surface area contributed by atoms with Crippen LogP contribution in [0.3, 0.4) is 0 Å². The van der Waals surface area contributed by atoms with Gasteiger partial charge in [0, 0.05) is 23.6 Å². The van der Waals surface area contributed by atoms with Gasteiger partial charge >= 0.3 is 0 Å². The Hall–Kier alpha value is -3.60. The first kappa shape index (κ1) is 20.7. The van der Waals surface area contributed by atoms with E-state index in [0.717, 1.165) is 28.2 Å². The highest BCUT2D eigenvalue weighted by Crippen LogP contribution is 2.28. The van der Waals surface area contributed by atoms with Gasteiger partial charge in [0.25, 0.3) is 5.91 Å². The van der Waals surface area contributed by atoms with Gasteiger partial charge in [-0.25, -0.2) is 4.98 Å². The number of hydrogen-bond donors (Lipinski definition) is 1. The second kappa shape index (κ2) is 8.64. The van der Waals surface area contributed by atoms with E-state index in [9.17, 15) is 4.79 Å². The number of aromatic nitrogens is 2. The number of nitrogens with one attached hydrogen (secondary N) is 1. The maximum absolute atomic E-state index is 12.9. The van der Waals surface area contributed by atoms with Crippen molar-refractivity contribution < 1.29 is 9.53 Å². The van der Waals surface area contributed by atoms with Crippen LogP contribution < -0.4 is 10.1 Å². The number of carbonyl (C=O) groups excluding carboxylic acids is 1. The molecule has 0 saturated heterocycles. The Morgan fingerprint density at radius 3 is 2.68 bits per heavy atom. The zero-order valence-electron chi connectivity index (χ0n) is 18.3. The van der Waals surface area contributed by atoms with E-state index in [0.29, 0.717) is 23.8 Å². The average Bonchev–Trinajstić information content (AvgIpc) is 3.15. The summed E-state index contributed by atoms with van der Waals surface area (Å²) < 4.78 is 7.92. The molecule has 31 heavy (non-hydrogen) atoms. The van der Waals surface area contributed by atoms with E-state index in [-0.39, 0.29) is 5.91 Å². The molecule has 5 nitrogen and oxygen atoms in total. The summed E-state index contributed by atoms with van der Waals surface area (Å²) in [7, 11) is 0. The van der Waals surface area contributed by atoms with Gasteiger partial charge < -0.3 is 14.5 Å². The molecule has 4 rings (SSSR count). The van der Waals surface area contributed by atoms with E-state index < -0.39 is 0 Å². The maximum Gasteiger partial charge on any atom is 0.255 e. The van der Waals surface area contributed by atoms with E-state index >= 15 is 0 Å². The lowest BCUT2D eigenvalue weighted by Crippen LogP contribution is -2.15. The number of rotatable bonds is 6. The van der Waals surface area contributed by atoms with Gasteiger partial charge in [-0.1, -0.05) is 44.2 Å². The molecule has 0 aliphatic carbocycles. The number of hydrogen-bond acceptors (Lipinski definition) is 3. The first-order chi connectivity index (χ1) is 14.9. The van der Waals surface area contributed by atoms with E-state index in [4.69, 9.17) is 4.74 Å². The van der Waals surface area contributed by atoms with Gasteiger partial charge in [-0.15, -0.1) is 0 Å². The van der Waals surface area contributed by atoms with Crippen molar-refractivity contribution in [3.63, 3.8) is 0 Å². The number of benzene rings is 2. The van der Waals surface area contributed by atoms with Gasteiger partial charge in [-0.05, 0) is 60.7 Å². The van der Waals surface area contributed by atoms with Crippen LogP contribution in [0, 0.1) is 13.8 Å². The molecule has 0 fully saturated rings. The Kier molecular flexibility index (Phi) is 5.76. The summed E-state index contributed by atoms with van der Waals surface area (Å²) in [5.74, 6) is 0.804. The predicted molar refractivity (Wildman–Crippen MR) is 124 cm³/mol. The first-order valence-electron chi connectivity index (χ1n) is 10.5. The van der Waals surface area contributed by atoms with Crippen molar-refractivity contribution in [1.82, 2.24) is 9.38 Å². The number of ether oxygens (including phenoxy) is 1. The van der Waals surface area contributed by atoms with Crippen molar-refractivity contribution in [1.29, 1.82) is 0 Å². The molecule has 0 bridgehead atoms. The molecule has 0 unspecified atom stereocenters. The quantitative estimate of drug-likeness (QED) is 0.428. The van der Waals surface area contributed by atoms with Crippen LogP contribution in [-0.4, -0.2) is 15.3 Å². The summed E-state index contributed by atoms with van der Waals surface area (Å²) in [5, 5.41) is 3.09. The molecule has 0 saturated carbocycles. The lowest BCUT2D eigenvalue weighted by atomic mass is 9.98. The minimum Gasteiger partial charge on any atom is -0.487 e. The molecule has 158 valence electrons. The normalized spacial score (nSPS) is 11.1. The number of nitrogens with zero attached hydrogens (tertiary/aromatic N) is 2. The molecule has 0 aliphatic heterocycles. The minimum atomic E-state index is -0.148. The SMILES string of the molecule is Cc1ccc2nc(COc3cccc(C(=O)Nc4c(C)cccc4C(C)C)c3)cn2c1. The Bertz CT molecular complexity index is 1240. The third kappa shape index (κ3) is 4.61. The fraction of sp³-hybridized carbons (Fsp3) is 0.231. The maximum atomic E-state index is 12.9. The number of imidazole rings is 1. The molecular weight excluding hydrogens is 386 g/mol. The highest BCUT2D eigenvalue weighted by molar-refractivity contribution is 6.05. The van der Waals surface area contributed by atoms with Crippen molar-refractivity contribution in [2.75, 3.05) is 5.32 Å². The van der Waals surface area contributed by atoms with E-state index in [1.165, 1.54) is 5.56 Å². The molecule has 0 aliphatic rings. The standard InChI is InChI=1S/C26H27N3O2/c1-17(2)23-10-5-7-19(4)25(23)28-26(30)20-8-6-9-22(13-20)31-16-21-15-29-14-18(3)11-12-24(29)27-21/h5-15,17H,16H2,1-4H3,(H,28,30). The van der Waals surface area contributed by atoms with Crippen LogP contribution in [0.2, 0.25) is 0 Å². The number of anilines is 1. The molecule has 1 amide bonds. The summed E-state index contributed by atoms with van der Waals surface area (Å²) in [4.78, 5) is 17.5. The second-order valence-corrected chi connectivity index (χ2v) is 8.17. The third-order valence-electron chi connectivity index (χ3n) is 5.30. The molecule has 0 atom stereocenters. The molecule has 4 aromatic rings. The van der Waals surface area contributed by atoms with Crippen molar-refractivity contribution in [3.05, 3.63) is 94.9 Å². The van der Waals surface area contributed by atoms with Crippen LogP contribution in [0.1, 0.15) is 52.5 Å². The summed E-state index contributed by atoms with van der Waals surface area (Å²) in [5.41, 5.74) is 6.51. The first-order valence-corrected chi connectivity index (χ1v) is 10.5. The largest absolute Gasteiger partial charge is 0.487 e. The Morgan fingerprint density at radius 2 is 1.87 bits per heavy atom. The third-order valence-corrected chi connectivity index (χ3v) is 5.30. The average molecular weight is 414 g/mol. The lowest BCUT2D eigenvalue weighted by Gasteiger charge is -2.16. The molecule has 0 spiro atoms. The molecule has 2 heterocycles. The van der Waals surface area contributed by atoms with E-state index in [1.807, 2.05) is 67.0 Å². The number of carbonyl (C=O) groups is 1. The fourth-order valence-electron chi connectivity index (χ4n) is 3.64. The number of para-hydroxylation sites is 1. The molecule has 1 N–H and O–H groups in total. The zero-order chi connectivity index (χ0) is 22.0. The van der Waals surface area contributed by atoms with Crippen molar-refractivity contribution >= 4 is 17.2 Å².